The van der Waals surface area contributed by atoms with Gasteiger partial charge in [0.1, 0.15) is 23.6 Å². The van der Waals surface area contributed by atoms with Gasteiger partial charge in [-0.05, 0) is 31.1 Å². The number of hydrogen-bond acceptors (Lipinski definition) is 5. The lowest BCUT2D eigenvalue weighted by Crippen LogP contribution is -2.41. The normalized spacial score (nSPS) is 12.8. The zero-order valence-electron chi connectivity index (χ0n) is 16.0. The van der Waals surface area contributed by atoms with Gasteiger partial charge in [-0.25, -0.2) is 9.78 Å². The average molecular weight is 393 g/mol. The third-order valence-electron chi connectivity index (χ3n) is 4.27. The van der Waals surface area contributed by atoms with Gasteiger partial charge in [0.15, 0.2) is 8.32 Å². The number of rotatable bonds is 7. The highest BCUT2D eigenvalue weighted by Crippen LogP contribution is 2.37. The van der Waals surface area contributed by atoms with E-state index in [2.05, 4.69) is 30.5 Å². The van der Waals surface area contributed by atoms with Crippen molar-refractivity contribution in [2.45, 2.75) is 52.0 Å². The molecule has 0 saturated carbocycles. The van der Waals surface area contributed by atoms with Gasteiger partial charge in [-0.3, -0.25) is 0 Å². The molecule has 0 aliphatic rings. The fraction of sp³-hybridized carbons (Fsp3) is 0.647. The summed E-state index contributed by atoms with van der Waals surface area (Å²) in [7, 11) is -2.01. The Morgan fingerprint density at radius 2 is 1.81 bits per heavy atom. The molecule has 0 aliphatic heterocycles. The van der Waals surface area contributed by atoms with Crippen molar-refractivity contribution in [2.24, 2.45) is 0 Å². The monoisotopic (exact) mass is 393 g/mol. The van der Waals surface area contributed by atoms with Crippen molar-refractivity contribution in [1.29, 1.82) is 0 Å². The number of hydrogen-bond donors (Lipinski definition) is 0. The third kappa shape index (κ3) is 5.98. The Kier molecular flexibility index (Phi) is 7.23. The minimum absolute atomic E-state index is 0.00697. The van der Waals surface area contributed by atoms with Crippen molar-refractivity contribution in [3.05, 3.63) is 23.5 Å². The first-order valence-corrected chi connectivity index (χ1v) is 11.2. The van der Waals surface area contributed by atoms with Crippen molar-refractivity contribution >= 4 is 14.3 Å². The zero-order valence-corrected chi connectivity index (χ0v) is 17.0. The molecule has 5 nitrogen and oxygen atoms in total. The van der Waals surface area contributed by atoms with Gasteiger partial charge in [-0.2, -0.15) is 13.2 Å². The maximum atomic E-state index is 13.2. The Balaban J connectivity index is 2.85. The topological polar surface area (TPSA) is 57.7 Å². The molecule has 0 N–H and O–H groups in total. The Morgan fingerprint density at radius 1 is 1.19 bits per heavy atom. The summed E-state index contributed by atoms with van der Waals surface area (Å²) in [5.74, 6) is -1.35. The van der Waals surface area contributed by atoms with Crippen molar-refractivity contribution < 1.29 is 31.9 Å². The molecule has 0 amide bonds. The maximum absolute atomic E-state index is 13.2. The molecule has 0 aliphatic carbocycles. The molecule has 0 saturated heterocycles. The Bertz CT molecular complexity index is 627. The van der Waals surface area contributed by atoms with Crippen molar-refractivity contribution in [3.63, 3.8) is 0 Å². The summed E-state index contributed by atoms with van der Waals surface area (Å²) < 4.78 is 55.5. The molecular weight excluding hydrogens is 367 g/mol. The predicted molar refractivity (Wildman–Crippen MR) is 93.8 cm³/mol. The molecule has 148 valence electrons. The number of alkyl halides is 3. The molecule has 26 heavy (non-hydrogen) atoms. The summed E-state index contributed by atoms with van der Waals surface area (Å²) in [6.45, 7) is 12.0. The molecule has 1 heterocycles. The van der Waals surface area contributed by atoms with Crippen LogP contribution in [0.2, 0.25) is 18.1 Å². The highest BCUT2D eigenvalue weighted by Gasteiger charge is 2.38. The number of carbonyl (C=O) groups is 1. The van der Waals surface area contributed by atoms with Crippen LogP contribution in [0.15, 0.2) is 12.3 Å². The van der Waals surface area contributed by atoms with Crippen LogP contribution in [0.25, 0.3) is 0 Å². The summed E-state index contributed by atoms with van der Waals surface area (Å²) in [5.41, 5.74) is -1.48. The van der Waals surface area contributed by atoms with E-state index < -0.39 is 37.5 Å². The van der Waals surface area contributed by atoms with Gasteiger partial charge in [0.2, 0.25) is 0 Å². The van der Waals surface area contributed by atoms with Crippen LogP contribution in [0.4, 0.5) is 13.2 Å². The van der Waals surface area contributed by atoms with E-state index in [0.717, 1.165) is 6.20 Å². The molecule has 0 aromatic carbocycles. The molecule has 1 rings (SSSR count). The summed E-state index contributed by atoms with van der Waals surface area (Å²) in [4.78, 5) is 15.3. The van der Waals surface area contributed by atoms with E-state index in [9.17, 15) is 18.0 Å². The third-order valence-corrected chi connectivity index (χ3v) is 8.81. The average Bonchev–Trinajstić information content (AvgIpc) is 2.49. The maximum Gasteiger partial charge on any atom is 0.420 e. The fourth-order valence-corrected chi connectivity index (χ4v) is 2.79. The Labute approximate surface area is 153 Å². The second-order valence-corrected chi connectivity index (χ2v) is 12.1. The van der Waals surface area contributed by atoms with Crippen LogP contribution >= 0.6 is 0 Å². The lowest BCUT2D eigenvalue weighted by Gasteiger charge is -2.36. The van der Waals surface area contributed by atoms with Gasteiger partial charge in [0.05, 0.1) is 19.4 Å². The molecule has 1 aromatic heterocycles. The van der Waals surface area contributed by atoms with Crippen LogP contribution in [-0.4, -0.2) is 39.1 Å². The Hall–Kier alpha value is -1.61. The van der Waals surface area contributed by atoms with E-state index in [0.29, 0.717) is 6.07 Å². The van der Waals surface area contributed by atoms with E-state index in [-0.39, 0.29) is 24.9 Å². The number of pyridine rings is 1. The van der Waals surface area contributed by atoms with E-state index in [1.807, 2.05) is 13.1 Å². The van der Waals surface area contributed by atoms with Crippen LogP contribution in [0.3, 0.4) is 0 Å². The van der Waals surface area contributed by atoms with Crippen LogP contribution in [0, 0.1) is 0 Å². The summed E-state index contributed by atoms with van der Waals surface area (Å²) in [6, 6.07) is 0.641. The number of carbonyl (C=O) groups excluding carboxylic acids is 1. The molecular formula is C17H26F3NO4Si. The minimum atomic E-state index is -4.68. The summed E-state index contributed by atoms with van der Waals surface area (Å²) in [5, 5.41) is -0.00697. The highest BCUT2D eigenvalue weighted by molar-refractivity contribution is 6.74. The first kappa shape index (κ1) is 22.4. The van der Waals surface area contributed by atoms with Gasteiger partial charge in [-0.1, -0.05) is 20.8 Å². The highest BCUT2D eigenvalue weighted by atomic mass is 28.4. The fourth-order valence-electron chi connectivity index (χ4n) is 1.76. The van der Waals surface area contributed by atoms with Crippen molar-refractivity contribution in [2.75, 3.05) is 19.8 Å². The van der Waals surface area contributed by atoms with Crippen LogP contribution < -0.4 is 4.74 Å². The largest absolute Gasteiger partial charge is 0.489 e. The Morgan fingerprint density at radius 3 is 2.31 bits per heavy atom. The second-order valence-electron chi connectivity index (χ2n) is 7.24. The summed E-state index contributed by atoms with van der Waals surface area (Å²) in [6.07, 6.45) is -3.79. The molecule has 1 aromatic rings. The summed E-state index contributed by atoms with van der Waals surface area (Å²) >= 11 is 0. The lowest BCUT2D eigenvalue weighted by atomic mass is 10.2. The molecule has 0 fully saturated rings. The number of ether oxygens (including phenoxy) is 2. The van der Waals surface area contributed by atoms with E-state index in [1.165, 1.54) is 0 Å². The predicted octanol–water partition coefficient (Wildman–Crippen LogP) is 4.68. The first-order chi connectivity index (χ1) is 11.8. The standard InChI is InChI=1S/C17H26F3NO4Si/c1-7-23-15(22)13-10-12(17(18,19)20)14(11-21-13)24-8-9-25-26(5,6)16(2,3)4/h10-11H,7-9H2,1-6H3. The number of aromatic nitrogens is 1. The smallest absolute Gasteiger partial charge is 0.420 e. The SMILES string of the molecule is CCOC(=O)c1cc(C(F)(F)F)c(OCCO[Si](C)(C)C(C)(C)C)cn1. The first-order valence-electron chi connectivity index (χ1n) is 8.30. The molecule has 0 unspecified atom stereocenters. The molecule has 0 bridgehead atoms. The van der Waals surface area contributed by atoms with Crippen LogP contribution in [0.1, 0.15) is 43.7 Å². The minimum Gasteiger partial charge on any atom is -0.489 e. The van der Waals surface area contributed by atoms with Crippen LogP contribution in [-0.2, 0) is 15.3 Å². The van der Waals surface area contributed by atoms with E-state index in [4.69, 9.17) is 9.16 Å². The van der Waals surface area contributed by atoms with Crippen LogP contribution in [0.5, 0.6) is 5.75 Å². The second kappa shape index (κ2) is 8.39. The van der Waals surface area contributed by atoms with E-state index in [1.54, 1.807) is 6.92 Å². The van der Waals surface area contributed by atoms with Crippen molar-refractivity contribution in [1.82, 2.24) is 4.98 Å². The quantitative estimate of drug-likeness (QED) is 0.382. The molecule has 0 atom stereocenters. The van der Waals surface area contributed by atoms with Gasteiger partial charge < -0.3 is 13.9 Å². The number of esters is 1. The number of halogens is 3. The van der Waals surface area contributed by atoms with Gasteiger partial charge in [0, 0.05) is 0 Å². The van der Waals surface area contributed by atoms with Gasteiger partial charge in [-0.15, -0.1) is 0 Å². The van der Waals surface area contributed by atoms with Gasteiger partial charge >= 0.3 is 12.1 Å². The number of nitrogens with zero attached hydrogens (tertiary/aromatic N) is 1. The van der Waals surface area contributed by atoms with Crippen molar-refractivity contribution in [3.8, 4) is 5.75 Å². The molecule has 0 spiro atoms. The lowest BCUT2D eigenvalue weighted by molar-refractivity contribution is -0.139. The molecule has 0 radical (unpaired) electrons. The molecule has 9 heteroatoms. The zero-order chi connectivity index (χ0) is 20.2. The van der Waals surface area contributed by atoms with E-state index >= 15 is 0 Å². The van der Waals surface area contributed by atoms with Gasteiger partial charge in [0.25, 0.3) is 0 Å².